The van der Waals surface area contributed by atoms with Gasteiger partial charge in [-0.1, -0.05) is 59.6 Å². The molecule has 1 amide bonds. The third-order valence-corrected chi connectivity index (χ3v) is 4.32. The topological polar surface area (TPSA) is 59.0 Å². The molecule has 1 heterocycles. The molecular formula is C18H14Cl2N2O3. The molecule has 3 rings (SSSR count). The zero-order valence-electron chi connectivity index (χ0n) is 13.1. The lowest BCUT2D eigenvalue weighted by atomic mass is 10.1. The molecule has 2 aromatic carbocycles. The van der Waals surface area contributed by atoms with E-state index in [-0.39, 0.29) is 15.6 Å². The molecule has 0 unspecified atom stereocenters. The minimum atomic E-state index is -0.740. The first kappa shape index (κ1) is 17.5. The minimum Gasteiger partial charge on any atom is -0.452 e. The average Bonchev–Trinajstić information content (AvgIpc) is 3.10. The van der Waals surface area contributed by atoms with Crippen molar-refractivity contribution in [2.75, 3.05) is 13.2 Å². The molecule has 0 bridgehead atoms. The first-order chi connectivity index (χ1) is 12.1. The van der Waals surface area contributed by atoms with Crippen molar-refractivity contribution < 1.29 is 14.3 Å². The maximum Gasteiger partial charge on any atom is 0.341 e. The van der Waals surface area contributed by atoms with E-state index in [4.69, 9.17) is 27.9 Å². The molecule has 0 radical (unpaired) electrons. The van der Waals surface area contributed by atoms with E-state index in [1.165, 1.54) is 17.1 Å². The Labute approximate surface area is 154 Å². The molecule has 0 saturated carbocycles. The summed E-state index contributed by atoms with van der Waals surface area (Å²) >= 11 is 11.9. The van der Waals surface area contributed by atoms with Crippen LogP contribution >= 0.6 is 23.2 Å². The number of carbonyl (C=O) groups excluding carboxylic acids is 2. The van der Waals surface area contributed by atoms with Crippen LogP contribution in [-0.4, -0.2) is 35.7 Å². The van der Waals surface area contributed by atoms with Crippen molar-refractivity contribution in [3.63, 3.8) is 0 Å². The molecule has 1 aliphatic rings. The van der Waals surface area contributed by atoms with Gasteiger partial charge in [-0.3, -0.25) is 4.79 Å². The van der Waals surface area contributed by atoms with Crippen molar-refractivity contribution in [3.05, 3.63) is 69.7 Å². The van der Waals surface area contributed by atoms with Gasteiger partial charge in [0, 0.05) is 6.42 Å². The highest BCUT2D eigenvalue weighted by molar-refractivity contribution is 6.39. The summed E-state index contributed by atoms with van der Waals surface area (Å²) in [5, 5.41) is 5.96. The second-order valence-electron chi connectivity index (χ2n) is 5.35. The summed E-state index contributed by atoms with van der Waals surface area (Å²) in [5.41, 5.74) is 1.85. The first-order valence-corrected chi connectivity index (χ1v) is 8.36. The minimum absolute atomic E-state index is 0.0496. The van der Waals surface area contributed by atoms with E-state index in [0.29, 0.717) is 13.0 Å². The maximum atomic E-state index is 12.2. The summed E-state index contributed by atoms with van der Waals surface area (Å²) < 4.78 is 5.04. The predicted octanol–water partition coefficient (Wildman–Crippen LogP) is 3.79. The van der Waals surface area contributed by atoms with Crippen LogP contribution in [-0.2, 0) is 9.53 Å². The first-order valence-electron chi connectivity index (χ1n) is 7.60. The Morgan fingerprint density at radius 3 is 2.40 bits per heavy atom. The Kier molecular flexibility index (Phi) is 5.36. The second-order valence-corrected chi connectivity index (χ2v) is 6.17. The Hall–Kier alpha value is -2.37. The monoisotopic (exact) mass is 376 g/mol. The molecule has 0 saturated heterocycles. The molecule has 2 aromatic rings. The van der Waals surface area contributed by atoms with Crippen molar-refractivity contribution in [2.45, 2.75) is 6.42 Å². The lowest BCUT2D eigenvalue weighted by Gasteiger charge is -2.12. The number of carbonyl (C=O) groups is 2. The third kappa shape index (κ3) is 4.00. The molecule has 0 N–H and O–H groups in total. The quantitative estimate of drug-likeness (QED) is 0.762. The summed E-state index contributed by atoms with van der Waals surface area (Å²) in [6, 6.07) is 14.3. The largest absolute Gasteiger partial charge is 0.452 e. The molecule has 0 spiro atoms. The highest BCUT2D eigenvalue weighted by Gasteiger charge is 2.23. The van der Waals surface area contributed by atoms with Crippen LogP contribution in [0.15, 0.2) is 53.6 Å². The Morgan fingerprint density at radius 1 is 1.04 bits per heavy atom. The van der Waals surface area contributed by atoms with Gasteiger partial charge in [-0.15, -0.1) is 0 Å². The van der Waals surface area contributed by atoms with Crippen LogP contribution < -0.4 is 0 Å². The van der Waals surface area contributed by atoms with Crippen LogP contribution in [0.1, 0.15) is 22.3 Å². The predicted molar refractivity (Wildman–Crippen MR) is 96.1 cm³/mol. The molecule has 0 fully saturated rings. The van der Waals surface area contributed by atoms with E-state index >= 15 is 0 Å². The van der Waals surface area contributed by atoms with Crippen LogP contribution in [0.3, 0.4) is 0 Å². The van der Waals surface area contributed by atoms with Gasteiger partial charge in [0.1, 0.15) is 0 Å². The van der Waals surface area contributed by atoms with Crippen LogP contribution in [0, 0.1) is 0 Å². The maximum absolute atomic E-state index is 12.2. The lowest BCUT2D eigenvalue weighted by molar-refractivity contribution is -0.134. The van der Waals surface area contributed by atoms with Gasteiger partial charge in [0.2, 0.25) is 0 Å². The van der Waals surface area contributed by atoms with Gasteiger partial charge in [0.05, 0.1) is 27.9 Å². The smallest absolute Gasteiger partial charge is 0.341 e. The van der Waals surface area contributed by atoms with E-state index < -0.39 is 18.5 Å². The number of benzene rings is 2. The van der Waals surface area contributed by atoms with Crippen molar-refractivity contribution >= 4 is 40.8 Å². The summed E-state index contributed by atoms with van der Waals surface area (Å²) in [7, 11) is 0. The number of rotatable bonds is 4. The normalized spacial score (nSPS) is 13.5. The van der Waals surface area contributed by atoms with Crippen molar-refractivity contribution in [2.24, 2.45) is 5.10 Å². The number of amides is 1. The summed E-state index contributed by atoms with van der Waals surface area (Å²) in [6.45, 7) is 0.0272. The Bertz CT molecular complexity index is 817. The van der Waals surface area contributed by atoms with Crippen molar-refractivity contribution in [1.82, 2.24) is 5.01 Å². The third-order valence-electron chi connectivity index (χ3n) is 3.69. The molecule has 0 aromatic heterocycles. The van der Waals surface area contributed by atoms with Gasteiger partial charge in [0.15, 0.2) is 6.61 Å². The fraction of sp³-hybridized carbons (Fsp3) is 0.167. The Balaban J connectivity index is 1.62. The SMILES string of the molecule is O=C(OCC(=O)N1CCC(c2ccccc2)=N1)c1c(Cl)cccc1Cl. The van der Waals surface area contributed by atoms with Gasteiger partial charge < -0.3 is 4.74 Å². The average molecular weight is 377 g/mol. The number of esters is 1. The van der Waals surface area contributed by atoms with E-state index in [1.807, 2.05) is 30.3 Å². The number of halogens is 2. The molecule has 0 atom stereocenters. The zero-order chi connectivity index (χ0) is 17.8. The highest BCUT2D eigenvalue weighted by atomic mass is 35.5. The van der Waals surface area contributed by atoms with Gasteiger partial charge in [-0.05, 0) is 17.7 Å². The standard InChI is InChI=1S/C18H14Cl2N2O3/c19-13-7-4-8-14(20)17(13)18(24)25-11-16(23)22-10-9-15(21-22)12-5-2-1-3-6-12/h1-8H,9-11H2. The summed E-state index contributed by atoms with van der Waals surface area (Å²) in [5.74, 6) is -1.14. The number of nitrogens with zero attached hydrogens (tertiary/aromatic N) is 2. The van der Waals surface area contributed by atoms with Crippen LogP contribution in [0.25, 0.3) is 0 Å². The van der Waals surface area contributed by atoms with E-state index in [2.05, 4.69) is 5.10 Å². The van der Waals surface area contributed by atoms with Gasteiger partial charge >= 0.3 is 5.97 Å². The molecule has 7 heteroatoms. The fourth-order valence-corrected chi connectivity index (χ4v) is 2.99. The highest BCUT2D eigenvalue weighted by Crippen LogP contribution is 2.25. The molecule has 25 heavy (non-hydrogen) atoms. The number of hydrazone groups is 1. The number of hydrogen-bond donors (Lipinski definition) is 0. The van der Waals surface area contributed by atoms with E-state index in [1.54, 1.807) is 6.07 Å². The second kappa shape index (κ2) is 7.68. The van der Waals surface area contributed by atoms with E-state index in [0.717, 1.165) is 11.3 Å². The number of hydrogen-bond acceptors (Lipinski definition) is 4. The summed E-state index contributed by atoms with van der Waals surface area (Å²) in [6.07, 6.45) is 0.653. The van der Waals surface area contributed by atoms with Gasteiger partial charge in [-0.25, -0.2) is 9.80 Å². The fourth-order valence-electron chi connectivity index (χ4n) is 2.44. The number of ether oxygens (including phenoxy) is 1. The molecule has 1 aliphatic heterocycles. The van der Waals surface area contributed by atoms with Gasteiger partial charge in [0.25, 0.3) is 5.91 Å². The molecule has 128 valence electrons. The van der Waals surface area contributed by atoms with Crippen molar-refractivity contribution in [1.29, 1.82) is 0 Å². The van der Waals surface area contributed by atoms with Gasteiger partial charge in [-0.2, -0.15) is 5.10 Å². The van der Waals surface area contributed by atoms with E-state index in [9.17, 15) is 9.59 Å². The zero-order valence-corrected chi connectivity index (χ0v) is 14.6. The van der Waals surface area contributed by atoms with Crippen LogP contribution in [0.5, 0.6) is 0 Å². The van der Waals surface area contributed by atoms with Crippen molar-refractivity contribution in [3.8, 4) is 0 Å². The molecule has 0 aliphatic carbocycles. The summed E-state index contributed by atoms with van der Waals surface area (Å²) in [4.78, 5) is 24.3. The van der Waals surface area contributed by atoms with Crippen LogP contribution in [0.4, 0.5) is 0 Å². The Morgan fingerprint density at radius 2 is 1.72 bits per heavy atom. The molecular weight excluding hydrogens is 363 g/mol. The van der Waals surface area contributed by atoms with Crippen LogP contribution in [0.2, 0.25) is 10.0 Å². The molecule has 5 nitrogen and oxygen atoms in total. The lowest BCUT2D eigenvalue weighted by Crippen LogP contribution is -2.28.